The van der Waals surface area contributed by atoms with Gasteiger partial charge in [-0.05, 0) is 37.0 Å². The highest BCUT2D eigenvalue weighted by atomic mass is 19.4. The van der Waals surface area contributed by atoms with Crippen LogP contribution in [0.4, 0.5) is 27.6 Å². The van der Waals surface area contributed by atoms with Crippen molar-refractivity contribution in [2.75, 3.05) is 52.3 Å². The number of carbonyl (C=O) groups excluding carboxylic acids is 2. The van der Waals surface area contributed by atoms with E-state index in [1.165, 1.54) is 32.4 Å². The van der Waals surface area contributed by atoms with Crippen LogP contribution >= 0.6 is 0 Å². The van der Waals surface area contributed by atoms with E-state index in [0.29, 0.717) is 19.8 Å². The van der Waals surface area contributed by atoms with Gasteiger partial charge in [0.25, 0.3) is 11.8 Å². The van der Waals surface area contributed by atoms with Crippen LogP contribution in [0.5, 0.6) is 5.75 Å². The average Bonchev–Trinajstić information content (AvgIpc) is 3.45. The third-order valence-corrected chi connectivity index (χ3v) is 8.62. The third-order valence-electron chi connectivity index (χ3n) is 8.62. The van der Waals surface area contributed by atoms with Crippen molar-refractivity contribution in [3.8, 4) is 17.6 Å². The predicted molar refractivity (Wildman–Crippen MR) is 167 cm³/mol. The molecule has 2 saturated heterocycles. The minimum atomic E-state index is -4.53. The lowest BCUT2D eigenvalue weighted by atomic mass is 9.90. The number of pyridine rings is 1. The fraction of sp³-hybridized carbons (Fsp3) is 0.485. The van der Waals surface area contributed by atoms with E-state index in [1.54, 1.807) is 0 Å². The molecule has 0 saturated carbocycles. The number of amides is 2. The molecule has 3 aromatic rings. The number of nitrogens with zero attached hydrogens (tertiary/aromatic N) is 3. The van der Waals surface area contributed by atoms with E-state index >= 15 is 4.39 Å². The molecule has 3 N–H and O–H groups in total. The minimum Gasteiger partial charge on any atom is -0.495 e. The summed E-state index contributed by atoms with van der Waals surface area (Å²) in [5, 5.41) is 12.1. The van der Waals surface area contributed by atoms with Gasteiger partial charge < -0.3 is 25.4 Å². The number of hydrogen-bond acceptors (Lipinski definition) is 7. The number of alkyl halides is 4. The summed E-state index contributed by atoms with van der Waals surface area (Å²) in [6.45, 7) is 3.77. The van der Waals surface area contributed by atoms with Gasteiger partial charge in [0.05, 0.1) is 49.1 Å². The molecule has 0 spiro atoms. The molecule has 0 radical (unpaired) electrons. The first kappa shape index (κ1) is 34.9. The quantitative estimate of drug-likeness (QED) is 0.245. The van der Waals surface area contributed by atoms with Gasteiger partial charge in [-0.2, -0.15) is 18.3 Å². The van der Waals surface area contributed by atoms with Crippen LogP contribution < -0.4 is 20.7 Å². The van der Waals surface area contributed by atoms with Gasteiger partial charge in [0, 0.05) is 56.6 Å². The Labute approximate surface area is 274 Å². The second-order valence-electron chi connectivity index (χ2n) is 11.9. The monoisotopic (exact) mass is 676 g/mol. The highest BCUT2D eigenvalue weighted by Crippen LogP contribution is 2.29. The first-order chi connectivity index (χ1) is 22.9. The molecule has 2 aliphatic heterocycles. The van der Waals surface area contributed by atoms with Crippen molar-refractivity contribution >= 4 is 23.0 Å². The number of piperidine rings is 1. The maximum absolute atomic E-state index is 15.6. The molecule has 3 atom stereocenters. The first-order valence-corrected chi connectivity index (χ1v) is 15.5. The molecule has 2 amide bonds. The Kier molecular flexibility index (Phi) is 10.7. The highest BCUT2D eigenvalue weighted by molar-refractivity contribution is 5.95. The lowest BCUT2D eigenvalue weighted by Crippen LogP contribution is -2.59. The zero-order valence-corrected chi connectivity index (χ0v) is 26.7. The number of fused-ring (bicyclic) bond motifs is 1. The van der Waals surface area contributed by atoms with E-state index in [9.17, 15) is 27.2 Å². The lowest BCUT2D eigenvalue weighted by molar-refractivity contribution is -0.127. The van der Waals surface area contributed by atoms with Gasteiger partial charge in [-0.1, -0.05) is 18.8 Å². The normalized spacial score (nSPS) is 20.5. The largest absolute Gasteiger partial charge is 0.495 e. The molecule has 5 rings (SSSR count). The molecule has 2 aliphatic rings. The van der Waals surface area contributed by atoms with E-state index in [0.717, 1.165) is 29.6 Å². The number of benzene rings is 1. The van der Waals surface area contributed by atoms with E-state index in [2.05, 4.69) is 37.8 Å². The zero-order valence-electron chi connectivity index (χ0n) is 26.7. The second-order valence-corrected chi connectivity index (χ2v) is 11.9. The van der Waals surface area contributed by atoms with Crippen molar-refractivity contribution in [1.82, 2.24) is 25.1 Å². The number of aromatic nitrogens is 2. The predicted octanol–water partition coefficient (Wildman–Crippen LogP) is 3.98. The molecule has 10 nitrogen and oxygen atoms in total. The summed E-state index contributed by atoms with van der Waals surface area (Å²) < 4.78 is 82.1. The molecule has 1 aromatic carbocycles. The Morgan fingerprint density at radius 1 is 1.12 bits per heavy atom. The van der Waals surface area contributed by atoms with Crippen molar-refractivity contribution in [2.24, 2.45) is 5.92 Å². The Morgan fingerprint density at radius 3 is 2.54 bits per heavy atom. The summed E-state index contributed by atoms with van der Waals surface area (Å²) in [5.41, 5.74) is -0.00256. The van der Waals surface area contributed by atoms with Gasteiger partial charge in [-0.3, -0.25) is 14.5 Å². The van der Waals surface area contributed by atoms with Crippen molar-refractivity contribution in [3.63, 3.8) is 0 Å². The van der Waals surface area contributed by atoms with Crippen molar-refractivity contribution in [2.45, 2.75) is 50.6 Å². The molecule has 48 heavy (non-hydrogen) atoms. The molecule has 2 fully saturated rings. The molecule has 4 heterocycles. The number of nitrogens with one attached hydrogen (secondary N) is 3. The highest BCUT2D eigenvalue weighted by Gasteiger charge is 2.39. The first-order valence-electron chi connectivity index (χ1n) is 15.5. The topological polar surface area (TPSA) is 109 Å². The third kappa shape index (κ3) is 7.99. The van der Waals surface area contributed by atoms with Gasteiger partial charge in [-0.15, -0.1) is 0 Å². The summed E-state index contributed by atoms with van der Waals surface area (Å²) in [7, 11) is 2.72. The van der Waals surface area contributed by atoms with Crippen LogP contribution in [-0.4, -0.2) is 97.8 Å². The van der Waals surface area contributed by atoms with Crippen molar-refractivity contribution in [3.05, 3.63) is 58.7 Å². The van der Waals surface area contributed by atoms with Crippen molar-refractivity contribution in [1.29, 1.82) is 0 Å². The number of anilines is 1. The van der Waals surface area contributed by atoms with Crippen LogP contribution in [0.25, 0.3) is 5.52 Å². The smallest absolute Gasteiger partial charge is 0.393 e. The van der Waals surface area contributed by atoms with Gasteiger partial charge >= 0.3 is 6.18 Å². The summed E-state index contributed by atoms with van der Waals surface area (Å²) in [6.07, 6.45) is -4.50. The average molecular weight is 677 g/mol. The standard InChI is InChI=1S/C33H37F5N6O4/c1-19-17-43(22-6-9-48-10-7-22)18-25(35)30(19)42-32(46)28-12-20(11-27-21(15-33(36,37)38)16-41-44(27)28)5-4-8-40-26-14-24(34)23(31(45)39-2)13-29(26)47-3/h11-14,16,19,22,25,30,40H,6-10,15,17-18H2,1-3H3,(H,39,45)(H,42,46)/t19-,25-,30+/m0/s1. The number of ether oxygens (including phenoxy) is 2. The molecule has 258 valence electrons. The van der Waals surface area contributed by atoms with Gasteiger partial charge in [0.2, 0.25) is 0 Å². The van der Waals surface area contributed by atoms with Gasteiger partial charge in [0.15, 0.2) is 0 Å². The van der Waals surface area contributed by atoms with E-state index in [1.807, 2.05) is 6.92 Å². The Hall–Kier alpha value is -4.42. The second kappa shape index (κ2) is 14.8. The lowest BCUT2D eigenvalue weighted by Gasteiger charge is -2.44. The maximum atomic E-state index is 15.6. The Balaban J connectivity index is 1.38. The van der Waals surface area contributed by atoms with Gasteiger partial charge in [0.1, 0.15) is 23.4 Å². The van der Waals surface area contributed by atoms with E-state index in [-0.39, 0.29) is 64.4 Å². The number of likely N-dealkylation sites (tertiary alicyclic amines) is 1. The number of halogens is 5. The zero-order chi connectivity index (χ0) is 34.6. The maximum Gasteiger partial charge on any atom is 0.393 e. The van der Waals surface area contributed by atoms with Crippen LogP contribution in [0.15, 0.2) is 30.5 Å². The van der Waals surface area contributed by atoms with Crippen LogP contribution in [-0.2, 0) is 11.2 Å². The molecule has 15 heteroatoms. The summed E-state index contributed by atoms with van der Waals surface area (Å²) in [6, 6.07) is 4.48. The van der Waals surface area contributed by atoms with E-state index in [4.69, 9.17) is 9.47 Å². The van der Waals surface area contributed by atoms with Crippen LogP contribution in [0.1, 0.15) is 51.7 Å². The summed E-state index contributed by atoms with van der Waals surface area (Å²) in [4.78, 5) is 27.7. The molecule has 0 bridgehead atoms. The fourth-order valence-electron chi connectivity index (χ4n) is 6.23. The number of methoxy groups -OCH3 is 1. The molecule has 2 aromatic heterocycles. The molecule has 0 aliphatic carbocycles. The number of carbonyl (C=O) groups is 2. The summed E-state index contributed by atoms with van der Waals surface area (Å²) >= 11 is 0. The minimum absolute atomic E-state index is 0.0324. The van der Waals surface area contributed by atoms with Gasteiger partial charge in [-0.25, -0.2) is 13.3 Å². The van der Waals surface area contributed by atoms with Crippen LogP contribution in [0.3, 0.4) is 0 Å². The fourth-order valence-corrected chi connectivity index (χ4v) is 6.23. The van der Waals surface area contributed by atoms with Crippen molar-refractivity contribution < 1.29 is 41.0 Å². The molecular weight excluding hydrogens is 639 g/mol. The number of hydrogen-bond donors (Lipinski definition) is 3. The molecule has 0 unspecified atom stereocenters. The molecular formula is C33H37F5N6O4. The van der Waals surface area contributed by atoms with Crippen LogP contribution in [0, 0.1) is 23.6 Å². The van der Waals surface area contributed by atoms with E-state index < -0.39 is 42.4 Å². The Morgan fingerprint density at radius 2 is 1.88 bits per heavy atom. The number of rotatable bonds is 8. The SMILES string of the molecule is CNC(=O)c1cc(OC)c(NCC#Cc2cc(C(=O)N[C@@H]3[C@@H](C)CN(C4CCOCC4)C[C@@H]3F)n3ncc(CC(F)(F)F)c3c2)cc1F. The Bertz CT molecular complexity index is 1700. The van der Waals surface area contributed by atoms with Crippen LogP contribution in [0.2, 0.25) is 0 Å². The summed E-state index contributed by atoms with van der Waals surface area (Å²) in [5.74, 6) is 3.48.